The van der Waals surface area contributed by atoms with Gasteiger partial charge in [-0.2, -0.15) is 0 Å². The van der Waals surface area contributed by atoms with E-state index in [0.29, 0.717) is 0 Å². The Hall–Kier alpha value is -1.64. The van der Waals surface area contributed by atoms with Gasteiger partial charge in [-0.15, -0.1) is 0 Å². The molecule has 2 rings (SSSR count). The standard InChI is InChI=1S/C14H21N3/c1-10(2)16-12-7-4-6-11(15)13(12)17-14(3)8-5-9-14/h4,6-7,16-17H,1,5,8-9,15H2,2-3H3. The van der Waals surface area contributed by atoms with Gasteiger partial charge < -0.3 is 16.4 Å². The topological polar surface area (TPSA) is 50.1 Å². The van der Waals surface area contributed by atoms with Gasteiger partial charge >= 0.3 is 0 Å². The minimum atomic E-state index is 0.195. The Kier molecular flexibility index (Phi) is 3.01. The molecule has 92 valence electrons. The van der Waals surface area contributed by atoms with Gasteiger partial charge in [0.2, 0.25) is 0 Å². The average Bonchev–Trinajstić information content (AvgIpc) is 2.20. The lowest BCUT2D eigenvalue weighted by molar-refractivity contribution is 0.307. The number of hydrogen-bond acceptors (Lipinski definition) is 3. The van der Waals surface area contributed by atoms with Gasteiger partial charge in [-0.25, -0.2) is 0 Å². The second-order valence-electron chi connectivity index (χ2n) is 5.21. The van der Waals surface area contributed by atoms with Gasteiger partial charge in [-0.05, 0) is 45.2 Å². The number of hydrogen-bond donors (Lipinski definition) is 3. The average molecular weight is 231 g/mol. The van der Waals surface area contributed by atoms with E-state index in [0.717, 1.165) is 22.8 Å². The minimum absolute atomic E-state index is 0.195. The van der Waals surface area contributed by atoms with Crippen LogP contribution in [0.4, 0.5) is 17.1 Å². The first kappa shape index (κ1) is 11.8. The summed E-state index contributed by atoms with van der Waals surface area (Å²) >= 11 is 0. The van der Waals surface area contributed by atoms with Crippen LogP contribution in [0.25, 0.3) is 0 Å². The third-order valence-corrected chi connectivity index (χ3v) is 3.33. The molecule has 4 N–H and O–H groups in total. The van der Waals surface area contributed by atoms with Crippen LogP contribution in [0.15, 0.2) is 30.5 Å². The smallest absolute Gasteiger partial charge is 0.0817 e. The zero-order valence-corrected chi connectivity index (χ0v) is 10.6. The van der Waals surface area contributed by atoms with Crippen molar-refractivity contribution in [1.82, 2.24) is 0 Å². The van der Waals surface area contributed by atoms with Crippen LogP contribution in [0.2, 0.25) is 0 Å². The molecule has 0 atom stereocenters. The van der Waals surface area contributed by atoms with Gasteiger partial charge in [0, 0.05) is 11.2 Å². The third-order valence-electron chi connectivity index (χ3n) is 3.33. The van der Waals surface area contributed by atoms with E-state index in [4.69, 9.17) is 5.73 Å². The van der Waals surface area contributed by atoms with Gasteiger partial charge in [-0.3, -0.25) is 0 Å². The lowest BCUT2D eigenvalue weighted by Gasteiger charge is -2.41. The van der Waals surface area contributed by atoms with Crippen LogP contribution in [0.1, 0.15) is 33.1 Å². The molecule has 0 aromatic heterocycles. The van der Waals surface area contributed by atoms with Gasteiger partial charge in [0.25, 0.3) is 0 Å². The first-order valence-corrected chi connectivity index (χ1v) is 6.09. The molecular weight excluding hydrogens is 210 g/mol. The summed E-state index contributed by atoms with van der Waals surface area (Å²) in [5.41, 5.74) is 9.95. The van der Waals surface area contributed by atoms with Crippen LogP contribution in [0.5, 0.6) is 0 Å². The summed E-state index contributed by atoms with van der Waals surface area (Å²) in [4.78, 5) is 0. The monoisotopic (exact) mass is 231 g/mol. The van der Waals surface area contributed by atoms with Crippen molar-refractivity contribution in [3.8, 4) is 0 Å². The van der Waals surface area contributed by atoms with E-state index in [9.17, 15) is 0 Å². The number of para-hydroxylation sites is 1. The SMILES string of the molecule is C=C(C)Nc1cccc(N)c1NC1(C)CCC1. The summed E-state index contributed by atoms with van der Waals surface area (Å²) in [5, 5.41) is 6.82. The van der Waals surface area contributed by atoms with E-state index in [1.54, 1.807) is 0 Å². The summed E-state index contributed by atoms with van der Waals surface area (Å²) in [5.74, 6) is 0. The molecule has 0 bridgehead atoms. The predicted octanol–water partition coefficient (Wildman–Crippen LogP) is 3.57. The Morgan fingerprint density at radius 3 is 2.65 bits per heavy atom. The summed E-state index contributed by atoms with van der Waals surface area (Å²) in [7, 11) is 0. The van der Waals surface area contributed by atoms with Crippen molar-refractivity contribution in [3.63, 3.8) is 0 Å². The Morgan fingerprint density at radius 1 is 1.41 bits per heavy atom. The van der Waals surface area contributed by atoms with E-state index >= 15 is 0 Å². The van der Waals surface area contributed by atoms with Crippen LogP contribution in [0.3, 0.4) is 0 Å². The van der Waals surface area contributed by atoms with Crippen molar-refractivity contribution in [1.29, 1.82) is 0 Å². The maximum Gasteiger partial charge on any atom is 0.0817 e. The first-order chi connectivity index (χ1) is 8.00. The molecule has 0 unspecified atom stereocenters. The first-order valence-electron chi connectivity index (χ1n) is 6.09. The number of nitrogens with one attached hydrogen (secondary N) is 2. The molecule has 0 spiro atoms. The zero-order valence-electron chi connectivity index (χ0n) is 10.6. The van der Waals surface area contributed by atoms with Crippen molar-refractivity contribution in [2.45, 2.75) is 38.6 Å². The summed E-state index contributed by atoms with van der Waals surface area (Å²) in [6.07, 6.45) is 3.70. The van der Waals surface area contributed by atoms with Crippen molar-refractivity contribution in [3.05, 3.63) is 30.5 Å². The molecule has 3 heteroatoms. The fourth-order valence-electron chi connectivity index (χ4n) is 2.18. The number of nitrogen functional groups attached to an aromatic ring is 1. The molecule has 0 aliphatic heterocycles. The molecule has 1 aromatic rings. The third kappa shape index (κ3) is 2.54. The fraction of sp³-hybridized carbons (Fsp3) is 0.429. The van der Waals surface area contributed by atoms with Crippen LogP contribution in [-0.4, -0.2) is 5.54 Å². The largest absolute Gasteiger partial charge is 0.397 e. The fourth-order valence-corrected chi connectivity index (χ4v) is 2.18. The second-order valence-corrected chi connectivity index (χ2v) is 5.21. The van der Waals surface area contributed by atoms with E-state index in [1.807, 2.05) is 25.1 Å². The molecule has 1 aliphatic rings. The number of allylic oxidation sites excluding steroid dienone is 1. The predicted molar refractivity (Wildman–Crippen MR) is 75.2 cm³/mol. The molecule has 17 heavy (non-hydrogen) atoms. The molecule has 0 radical (unpaired) electrons. The highest BCUT2D eigenvalue weighted by molar-refractivity contribution is 5.82. The molecule has 1 saturated carbocycles. The molecule has 3 nitrogen and oxygen atoms in total. The van der Waals surface area contributed by atoms with Gasteiger partial charge in [0.1, 0.15) is 0 Å². The highest BCUT2D eigenvalue weighted by atomic mass is 15.0. The lowest BCUT2D eigenvalue weighted by atomic mass is 9.78. The second kappa shape index (κ2) is 4.32. The van der Waals surface area contributed by atoms with Crippen molar-refractivity contribution < 1.29 is 0 Å². The van der Waals surface area contributed by atoms with E-state index in [2.05, 4.69) is 24.1 Å². The van der Waals surface area contributed by atoms with E-state index in [-0.39, 0.29) is 5.54 Å². The number of nitrogens with two attached hydrogens (primary N) is 1. The molecular formula is C14H21N3. The molecule has 0 amide bonds. The van der Waals surface area contributed by atoms with Gasteiger partial charge in [0.05, 0.1) is 17.1 Å². The number of anilines is 3. The maximum absolute atomic E-state index is 6.05. The summed E-state index contributed by atoms with van der Waals surface area (Å²) in [6.45, 7) is 8.06. The van der Waals surface area contributed by atoms with Crippen molar-refractivity contribution in [2.75, 3.05) is 16.4 Å². The van der Waals surface area contributed by atoms with E-state index < -0.39 is 0 Å². The molecule has 1 fully saturated rings. The number of rotatable bonds is 4. The summed E-state index contributed by atoms with van der Waals surface area (Å²) in [6, 6.07) is 5.90. The Labute approximate surface area is 103 Å². The Balaban J connectivity index is 2.26. The minimum Gasteiger partial charge on any atom is -0.397 e. The van der Waals surface area contributed by atoms with E-state index in [1.165, 1.54) is 19.3 Å². The summed E-state index contributed by atoms with van der Waals surface area (Å²) < 4.78 is 0. The van der Waals surface area contributed by atoms with Crippen LogP contribution in [0, 0.1) is 0 Å². The highest BCUT2D eigenvalue weighted by Crippen LogP contribution is 2.39. The van der Waals surface area contributed by atoms with Crippen LogP contribution in [-0.2, 0) is 0 Å². The highest BCUT2D eigenvalue weighted by Gasteiger charge is 2.32. The molecule has 1 aromatic carbocycles. The quantitative estimate of drug-likeness (QED) is 0.694. The van der Waals surface area contributed by atoms with Crippen LogP contribution >= 0.6 is 0 Å². The normalized spacial score (nSPS) is 17.1. The molecule has 0 heterocycles. The maximum atomic E-state index is 6.05. The molecule has 0 saturated heterocycles. The van der Waals surface area contributed by atoms with Crippen molar-refractivity contribution >= 4 is 17.1 Å². The van der Waals surface area contributed by atoms with Crippen molar-refractivity contribution in [2.24, 2.45) is 0 Å². The Morgan fingerprint density at radius 2 is 2.12 bits per heavy atom. The Bertz CT molecular complexity index is 433. The lowest BCUT2D eigenvalue weighted by Crippen LogP contribution is -2.42. The zero-order chi connectivity index (χ0) is 12.5. The number of benzene rings is 1. The molecule has 1 aliphatic carbocycles. The van der Waals surface area contributed by atoms with Gasteiger partial charge in [0.15, 0.2) is 0 Å². The van der Waals surface area contributed by atoms with Gasteiger partial charge in [-0.1, -0.05) is 12.6 Å². The van der Waals surface area contributed by atoms with Crippen LogP contribution < -0.4 is 16.4 Å².